The summed E-state index contributed by atoms with van der Waals surface area (Å²) in [5.74, 6) is -0.481. The predicted molar refractivity (Wildman–Crippen MR) is 152 cm³/mol. The van der Waals surface area contributed by atoms with Crippen molar-refractivity contribution in [3.63, 3.8) is 0 Å². The summed E-state index contributed by atoms with van der Waals surface area (Å²) in [6.07, 6.45) is 8.46. The van der Waals surface area contributed by atoms with Gasteiger partial charge in [-0.25, -0.2) is 9.59 Å². The molecule has 0 saturated carbocycles. The van der Waals surface area contributed by atoms with Crippen molar-refractivity contribution in [2.75, 3.05) is 20.3 Å². The molecule has 0 aliphatic carbocycles. The van der Waals surface area contributed by atoms with E-state index in [0.717, 1.165) is 30.6 Å². The van der Waals surface area contributed by atoms with Gasteiger partial charge in [0.2, 0.25) is 0 Å². The third-order valence-corrected chi connectivity index (χ3v) is 8.25. The van der Waals surface area contributed by atoms with Gasteiger partial charge in [-0.3, -0.25) is 4.90 Å². The van der Waals surface area contributed by atoms with Gasteiger partial charge in [0.25, 0.3) is 0 Å². The van der Waals surface area contributed by atoms with Gasteiger partial charge in [-0.1, -0.05) is 24.3 Å². The van der Waals surface area contributed by atoms with Crippen molar-refractivity contribution in [2.24, 2.45) is 0 Å². The Hall–Kier alpha value is -3.76. The molecule has 2 aliphatic heterocycles. The number of aromatic nitrogens is 1. The van der Waals surface area contributed by atoms with Crippen molar-refractivity contribution in [3.8, 4) is 11.5 Å². The summed E-state index contributed by atoms with van der Waals surface area (Å²) in [6, 6.07) is 15.7. The van der Waals surface area contributed by atoms with E-state index in [1.807, 2.05) is 18.2 Å². The Morgan fingerprint density at radius 2 is 1.75 bits per heavy atom. The Bertz CT molecular complexity index is 1320. The quantitative estimate of drug-likeness (QED) is 0.189. The zero-order chi connectivity index (χ0) is 28.5. The first-order valence-corrected chi connectivity index (χ1v) is 14.1. The molecule has 0 radical (unpaired) electrons. The number of fused-ring (bicyclic) bond motifs is 3. The summed E-state index contributed by atoms with van der Waals surface area (Å²) in [5.41, 5.74) is 2.27. The number of hydrogen-bond donors (Lipinski definition) is 2. The predicted octanol–water partition coefficient (Wildman–Crippen LogP) is 4.94. The van der Waals surface area contributed by atoms with Crippen molar-refractivity contribution >= 4 is 39.8 Å². The van der Waals surface area contributed by atoms with Crippen molar-refractivity contribution in [2.45, 2.75) is 56.5 Å². The van der Waals surface area contributed by atoms with Crippen LogP contribution in [0, 0.1) is 0 Å². The second kappa shape index (κ2) is 14.0. The molecule has 3 aromatic rings. The van der Waals surface area contributed by atoms with Crippen LogP contribution < -0.4 is 9.47 Å². The van der Waals surface area contributed by atoms with Gasteiger partial charge in [0.15, 0.2) is 11.5 Å². The molecule has 5 rings (SSSR count). The monoisotopic (exact) mass is 566 g/mol. The van der Waals surface area contributed by atoms with E-state index in [2.05, 4.69) is 29.2 Å². The van der Waals surface area contributed by atoms with Crippen LogP contribution in [0.3, 0.4) is 0 Å². The lowest BCUT2D eigenvalue weighted by Crippen LogP contribution is -2.43. The lowest BCUT2D eigenvalue weighted by molar-refractivity contribution is -0.134. The molecular weight excluding hydrogens is 532 g/mol. The van der Waals surface area contributed by atoms with E-state index in [1.165, 1.54) is 41.5 Å². The molecule has 40 heavy (non-hydrogen) atoms. The van der Waals surface area contributed by atoms with Crippen LogP contribution >= 0.6 is 11.5 Å². The van der Waals surface area contributed by atoms with E-state index in [1.54, 1.807) is 18.6 Å². The fourth-order valence-corrected chi connectivity index (χ4v) is 6.54. The van der Waals surface area contributed by atoms with Crippen LogP contribution in [0.5, 0.6) is 11.5 Å². The number of ether oxygens (including phenoxy) is 2. The Balaban J connectivity index is 0.000000406. The van der Waals surface area contributed by atoms with Crippen LogP contribution in [-0.4, -0.2) is 70.1 Å². The number of nitrogens with zero attached hydrogens (tertiary/aromatic N) is 2. The highest BCUT2D eigenvalue weighted by Gasteiger charge is 2.41. The van der Waals surface area contributed by atoms with E-state index >= 15 is 0 Å². The van der Waals surface area contributed by atoms with E-state index in [4.69, 9.17) is 24.1 Å². The third kappa shape index (κ3) is 7.45. The third-order valence-electron chi connectivity index (χ3n) is 7.41. The molecule has 3 heterocycles. The van der Waals surface area contributed by atoms with Crippen LogP contribution in [0.1, 0.15) is 49.3 Å². The van der Waals surface area contributed by atoms with E-state index in [9.17, 15) is 14.4 Å². The lowest BCUT2D eigenvalue weighted by Gasteiger charge is -2.38. The maximum absolute atomic E-state index is 10.7. The summed E-state index contributed by atoms with van der Waals surface area (Å²) >= 11 is 1.64. The van der Waals surface area contributed by atoms with Crippen molar-refractivity contribution in [3.05, 3.63) is 65.9 Å². The molecule has 0 amide bonds. The van der Waals surface area contributed by atoms with E-state index in [0.29, 0.717) is 48.9 Å². The number of carbonyl (C=O) groups excluding carboxylic acids is 1. The minimum Gasteiger partial charge on any atom is -0.493 e. The summed E-state index contributed by atoms with van der Waals surface area (Å²) in [5, 5.41) is 17.0. The normalized spacial score (nSPS) is 20.2. The average molecular weight is 567 g/mol. The zero-order valence-electron chi connectivity index (χ0n) is 22.4. The van der Waals surface area contributed by atoms with Crippen molar-refractivity contribution in [1.29, 1.82) is 0 Å². The van der Waals surface area contributed by atoms with Gasteiger partial charge in [0, 0.05) is 48.5 Å². The molecule has 2 aromatic carbocycles. The van der Waals surface area contributed by atoms with E-state index < -0.39 is 11.9 Å². The molecule has 2 N–H and O–H groups in total. The molecule has 2 fully saturated rings. The minimum absolute atomic E-state index is 0.395. The Morgan fingerprint density at radius 3 is 2.40 bits per heavy atom. The molecule has 2 aliphatic rings. The molecular formula is C30H34N2O7S. The number of piperidine rings is 1. The summed E-state index contributed by atoms with van der Waals surface area (Å²) in [6.45, 7) is 1.74. The highest BCUT2D eigenvalue weighted by Crippen LogP contribution is 2.44. The Labute approximate surface area is 237 Å². The zero-order valence-corrected chi connectivity index (χ0v) is 23.2. The van der Waals surface area contributed by atoms with Crippen LogP contribution in [0.4, 0.5) is 0 Å². The second-order valence-electron chi connectivity index (χ2n) is 9.92. The summed E-state index contributed by atoms with van der Waals surface area (Å²) in [4.78, 5) is 32.6. The SMILES string of the molecule is COc1cc(CC=O)ccc1OCCCN1C2CCC1CC(c1nsc3ccccc13)C2.O=C(O)/C=C/C(=O)O. The highest BCUT2D eigenvalue weighted by molar-refractivity contribution is 7.13. The van der Waals surface area contributed by atoms with E-state index in [-0.39, 0.29) is 0 Å². The van der Waals surface area contributed by atoms with Gasteiger partial charge in [-0.05, 0) is 67.4 Å². The molecule has 2 unspecified atom stereocenters. The van der Waals surface area contributed by atoms with Gasteiger partial charge in [-0.2, -0.15) is 4.37 Å². The number of carboxylic acids is 2. The number of carboxylic acid groups (broad SMARTS) is 2. The van der Waals surface area contributed by atoms with Crippen LogP contribution in [0.15, 0.2) is 54.6 Å². The number of aliphatic carboxylic acids is 2. The number of rotatable bonds is 11. The molecule has 2 saturated heterocycles. The van der Waals surface area contributed by atoms with Gasteiger partial charge >= 0.3 is 11.9 Å². The molecule has 2 atom stereocenters. The second-order valence-corrected chi connectivity index (χ2v) is 10.7. The first-order valence-electron chi connectivity index (χ1n) is 13.4. The van der Waals surface area contributed by atoms with Gasteiger partial charge in [0.1, 0.15) is 6.29 Å². The molecule has 10 heteroatoms. The van der Waals surface area contributed by atoms with Crippen molar-refractivity contribution < 1.29 is 34.1 Å². The van der Waals surface area contributed by atoms with Crippen LogP contribution in [0.2, 0.25) is 0 Å². The number of benzene rings is 2. The Kier molecular flexibility index (Phi) is 10.3. The molecule has 212 valence electrons. The maximum atomic E-state index is 10.7. The standard InChI is InChI=1S/C26H30N2O3S.C4H4O4/c1-30-24-15-18(11-13-29)7-10-23(24)31-14-4-12-28-20-8-9-21(28)17-19(16-20)26-22-5-2-3-6-25(22)32-27-26;5-3(6)1-2-4(7)8/h2-3,5-7,10,13,15,19-21H,4,8-9,11-12,14,16-17H2,1H3;1-2H,(H,5,6)(H,7,8)/b;2-1+. The molecule has 2 bridgehead atoms. The first kappa shape index (κ1) is 29.2. The van der Waals surface area contributed by atoms with Gasteiger partial charge < -0.3 is 24.5 Å². The fraction of sp³-hybridized carbons (Fsp3) is 0.400. The number of methoxy groups -OCH3 is 1. The fourth-order valence-electron chi connectivity index (χ4n) is 5.69. The van der Waals surface area contributed by atoms with Gasteiger partial charge in [0.05, 0.1) is 24.1 Å². The highest BCUT2D eigenvalue weighted by atomic mass is 32.1. The largest absolute Gasteiger partial charge is 0.493 e. The summed E-state index contributed by atoms with van der Waals surface area (Å²) < 4.78 is 17.6. The lowest BCUT2D eigenvalue weighted by atomic mass is 9.87. The molecule has 0 spiro atoms. The number of aldehydes is 1. The van der Waals surface area contributed by atoms with Gasteiger partial charge in [-0.15, -0.1) is 0 Å². The molecule has 9 nitrogen and oxygen atoms in total. The van der Waals surface area contributed by atoms with Crippen LogP contribution in [0.25, 0.3) is 10.1 Å². The average Bonchev–Trinajstić information content (AvgIpc) is 3.48. The summed E-state index contributed by atoms with van der Waals surface area (Å²) in [7, 11) is 1.64. The van der Waals surface area contributed by atoms with Crippen LogP contribution in [-0.2, 0) is 20.8 Å². The van der Waals surface area contributed by atoms with Crippen molar-refractivity contribution in [1.82, 2.24) is 9.27 Å². The molecule has 1 aromatic heterocycles. The number of hydrogen-bond acceptors (Lipinski definition) is 8. The first-order chi connectivity index (χ1) is 19.4. The Morgan fingerprint density at radius 1 is 1.05 bits per heavy atom. The topological polar surface area (TPSA) is 126 Å². The maximum Gasteiger partial charge on any atom is 0.328 e. The minimum atomic E-state index is -1.26. The number of carbonyl (C=O) groups is 3. The smallest absolute Gasteiger partial charge is 0.328 e.